The molecule has 0 aromatic heterocycles. The Bertz CT molecular complexity index is 916. The Morgan fingerprint density at radius 2 is 1.29 bits per heavy atom. The average Bonchev–Trinajstić information content (AvgIpc) is 2.83. The Balaban J connectivity index is 1.65. The van der Waals surface area contributed by atoms with E-state index in [-0.39, 0.29) is 5.78 Å². The highest BCUT2D eigenvalue weighted by molar-refractivity contribution is 5.91. The largest absolute Gasteiger partial charge is 0.494 e. The lowest BCUT2D eigenvalue weighted by atomic mass is 10.1. The fourth-order valence-corrected chi connectivity index (χ4v) is 3.81. The summed E-state index contributed by atoms with van der Waals surface area (Å²) in [5.41, 5.74) is 2.03. The predicted molar refractivity (Wildman–Crippen MR) is 143 cm³/mol. The molecule has 0 fully saturated rings. The number of carbonyl (C=O) groups excluding carboxylic acids is 2. The number of allylic oxidation sites excluding steroid dienone is 2. The summed E-state index contributed by atoms with van der Waals surface area (Å²) in [6.45, 7) is 6.28. The van der Waals surface area contributed by atoms with Crippen molar-refractivity contribution >= 4 is 17.4 Å². The third kappa shape index (κ3) is 12.3. The summed E-state index contributed by atoms with van der Waals surface area (Å²) >= 11 is 0. The lowest BCUT2D eigenvalue weighted by Gasteiger charge is -2.09. The van der Waals surface area contributed by atoms with E-state index in [9.17, 15) is 9.59 Å². The number of unbranched alkanes of at least 4 members (excludes halogenated alkanes) is 9. The maximum atomic E-state index is 12.4. The highest BCUT2D eigenvalue weighted by atomic mass is 16.5. The highest BCUT2D eigenvalue weighted by Crippen LogP contribution is 2.20. The van der Waals surface area contributed by atoms with Gasteiger partial charge in [0, 0.05) is 11.4 Å². The smallest absolute Gasteiger partial charge is 0.343 e. The monoisotopic (exact) mass is 479 g/mol. The van der Waals surface area contributed by atoms with E-state index in [2.05, 4.69) is 12.2 Å². The third-order valence-electron chi connectivity index (χ3n) is 5.68. The van der Waals surface area contributed by atoms with Crippen LogP contribution in [0.15, 0.2) is 60.3 Å². The van der Waals surface area contributed by atoms with E-state index >= 15 is 0 Å². The van der Waals surface area contributed by atoms with Crippen LogP contribution in [0, 0.1) is 0 Å². The minimum Gasteiger partial charge on any atom is -0.494 e. The predicted octanol–water partition coefficient (Wildman–Crippen LogP) is 8.11. The van der Waals surface area contributed by atoms with Crippen LogP contribution in [-0.4, -0.2) is 18.4 Å². The van der Waals surface area contributed by atoms with Crippen LogP contribution in [-0.2, 0) is 4.79 Å². The zero-order valence-electron chi connectivity index (χ0n) is 21.6. The van der Waals surface area contributed by atoms with Gasteiger partial charge in [0.15, 0.2) is 5.78 Å². The normalized spacial score (nSPS) is 11.2. The van der Waals surface area contributed by atoms with Crippen molar-refractivity contribution < 1.29 is 19.1 Å². The van der Waals surface area contributed by atoms with Crippen LogP contribution in [0.4, 0.5) is 5.69 Å². The molecule has 0 bridgehead atoms. The molecule has 0 aliphatic rings. The summed E-state index contributed by atoms with van der Waals surface area (Å²) in [7, 11) is 0. The van der Waals surface area contributed by atoms with Crippen LogP contribution in [0.3, 0.4) is 0 Å². The Morgan fingerprint density at radius 1 is 0.743 bits per heavy atom. The van der Waals surface area contributed by atoms with E-state index in [0.717, 1.165) is 23.6 Å². The van der Waals surface area contributed by atoms with Gasteiger partial charge in [0.25, 0.3) is 0 Å². The molecule has 0 radical (unpaired) electrons. The molecule has 0 spiro atoms. The van der Waals surface area contributed by atoms with Crippen molar-refractivity contribution in [1.29, 1.82) is 0 Å². The average molecular weight is 480 g/mol. The van der Waals surface area contributed by atoms with Gasteiger partial charge in [-0.2, -0.15) is 0 Å². The lowest BCUT2D eigenvalue weighted by Crippen LogP contribution is -2.08. The molecular formula is C30H41NO4. The van der Waals surface area contributed by atoms with Crippen molar-refractivity contribution in [3.05, 3.63) is 65.9 Å². The number of nitrogens with one attached hydrogen (secondary N) is 1. The summed E-state index contributed by atoms with van der Waals surface area (Å²) in [5, 5.41) is 3.12. The summed E-state index contributed by atoms with van der Waals surface area (Å²) < 4.78 is 11.3. The molecule has 2 aromatic rings. The van der Waals surface area contributed by atoms with Crippen LogP contribution in [0.25, 0.3) is 0 Å². The van der Waals surface area contributed by atoms with E-state index in [1.165, 1.54) is 70.8 Å². The van der Waals surface area contributed by atoms with Crippen molar-refractivity contribution in [2.24, 2.45) is 0 Å². The Hall–Kier alpha value is -3.08. The topological polar surface area (TPSA) is 64.6 Å². The maximum Gasteiger partial charge on any atom is 0.343 e. The number of rotatable bonds is 17. The van der Waals surface area contributed by atoms with Gasteiger partial charge in [0.2, 0.25) is 0 Å². The Kier molecular flexibility index (Phi) is 13.3. The van der Waals surface area contributed by atoms with Gasteiger partial charge in [-0.25, -0.2) is 4.79 Å². The molecule has 0 aliphatic heterocycles. The molecule has 0 amide bonds. The molecule has 2 rings (SSSR count). The van der Waals surface area contributed by atoms with Gasteiger partial charge in [0.05, 0.1) is 12.2 Å². The molecule has 0 atom stereocenters. The van der Waals surface area contributed by atoms with Crippen LogP contribution >= 0.6 is 0 Å². The molecule has 5 heteroatoms. The Morgan fingerprint density at radius 3 is 1.86 bits per heavy atom. The van der Waals surface area contributed by atoms with Gasteiger partial charge in [-0.05, 0) is 74.9 Å². The molecule has 2 aromatic carbocycles. The fourth-order valence-electron chi connectivity index (χ4n) is 3.81. The molecule has 0 saturated carbocycles. The summed E-state index contributed by atoms with van der Waals surface area (Å²) in [6, 6.07) is 14.1. The van der Waals surface area contributed by atoms with Crippen molar-refractivity contribution in [2.75, 3.05) is 11.9 Å². The van der Waals surface area contributed by atoms with Crippen molar-refractivity contribution in [3.63, 3.8) is 0 Å². The molecule has 0 saturated heterocycles. The van der Waals surface area contributed by atoms with Crippen molar-refractivity contribution in [1.82, 2.24) is 0 Å². The minimum absolute atomic E-state index is 0.0178. The van der Waals surface area contributed by atoms with Crippen LogP contribution in [0.5, 0.6) is 11.5 Å². The number of ether oxygens (including phenoxy) is 2. The number of hydrogen-bond donors (Lipinski definition) is 1. The SMILES string of the molecule is CCCCCCCCCCCCOc1ccc(C(=O)Oc2ccc(N/C(C)=C\C(C)=O)cc2)cc1. The highest BCUT2D eigenvalue weighted by Gasteiger charge is 2.09. The van der Waals surface area contributed by atoms with E-state index in [0.29, 0.717) is 17.9 Å². The number of benzene rings is 2. The minimum atomic E-state index is -0.417. The zero-order chi connectivity index (χ0) is 25.3. The number of hydrogen-bond acceptors (Lipinski definition) is 5. The first-order valence-corrected chi connectivity index (χ1v) is 13.0. The van der Waals surface area contributed by atoms with Crippen LogP contribution < -0.4 is 14.8 Å². The van der Waals surface area contributed by atoms with Crippen LogP contribution in [0.2, 0.25) is 0 Å². The summed E-state index contributed by atoms with van der Waals surface area (Å²) in [6.07, 6.45) is 14.5. The number of esters is 1. The van der Waals surface area contributed by atoms with Crippen molar-refractivity contribution in [3.8, 4) is 11.5 Å². The number of ketones is 1. The lowest BCUT2D eigenvalue weighted by molar-refractivity contribution is -0.112. The first-order chi connectivity index (χ1) is 17.0. The molecule has 35 heavy (non-hydrogen) atoms. The van der Waals surface area contributed by atoms with Gasteiger partial charge in [-0.3, -0.25) is 4.79 Å². The van der Waals surface area contributed by atoms with Gasteiger partial charge in [-0.1, -0.05) is 64.7 Å². The molecule has 190 valence electrons. The second-order valence-electron chi connectivity index (χ2n) is 9.03. The molecule has 0 heterocycles. The van der Waals surface area contributed by atoms with E-state index in [1.54, 1.807) is 36.4 Å². The molecule has 1 N–H and O–H groups in total. The zero-order valence-corrected chi connectivity index (χ0v) is 21.6. The molecule has 0 aliphatic carbocycles. The fraction of sp³-hybridized carbons (Fsp3) is 0.467. The quantitative estimate of drug-likeness (QED) is 0.107. The van der Waals surface area contributed by atoms with Crippen molar-refractivity contribution in [2.45, 2.75) is 85.0 Å². The second-order valence-corrected chi connectivity index (χ2v) is 9.03. The molecule has 0 unspecified atom stereocenters. The van der Waals surface area contributed by atoms with Gasteiger partial charge in [0.1, 0.15) is 11.5 Å². The van der Waals surface area contributed by atoms with Gasteiger partial charge >= 0.3 is 5.97 Å². The van der Waals surface area contributed by atoms with E-state index in [4.69, 9.17) is 9.47 Å². The van der Waals surface area contributed by atoms with Gasteiger partial charge < -0.3 is 14.8 Å². The van der Waals surface area contributed by atoms with E-state index in [1.807, 2.05) is 19.1 Å². The molecular weight excluding hydrogens is 438 g/mol. The van der Waals surface area contributed by atoms with Gasteiger partial charge in [-0.15, -0.1) is 0 Å². The van der Waals surface area contributed by atoms with Crippen LogP contribution in [0.1, 0.15) is 95.3 Å². The standard InChI is InChI=1S/C30H41NO4/c1-4-5-6-7-8-9-10-11-12-13-22-34-28-18-14-26(15-19-28)30(33)35-29-20-16-27(17-21-29)31-24(2)23-25(3)32/h14-21,23,31H,4-13,22H2,1-3H3/b24-23-. The number of anilines is 1. The maximum absolute atomic E-state index is 12.4. The second kappa shape index (κ2) is 16.5. The van der Waals surface area contributed by atoms with E-state index < -0.39 is 5.97 Å². The summed E-state index contributed by atoms with van der Waals surface area (Å²) in [4.78, 5) is 23.6. The first-order valence-electron chi connectivity index (χ1n) is 13.0. The third-order valence-corrected chi connectivity index (χ3v) is 5.68. The number of carbonyl (C=O) groups is 2. The Labute approximate surface area is 210 Å². The summed E-state index contributed by atoms with van der Waals surface area (Å²) in [5.74, 6) is 0.785. The molecule has 5 nitrogen and oxygen atoms in total. The first kappa shape index (κ1) is 28.2.